The first-order valence-electron chi connectivity index (χ1n) is 19.1. The predicted molar refractivity (Wildman–Crippen MR) is 238 cm³/mol. The number of tetrazole rings is 1. The molecule has 10 nitrogen and oxygen atoms in total. The van der Waals surface area contributed by atoms with Gasteiger partial charge in [-0.3, -0.25) is 14.5 Å². The van der Waals surface area contributed by atoms with Crippen molar-refractivity contribution in [2.45, 2.75) is 88.0 Å². The maximum absolute atomic E-state index is 15.2. The lowest BCUT2D eigenvalue weighted by molar-refractivity contribution is -0.148. The minimum atomic E-state index is -3.13. The molecule has 300 valence electrons. The molecule has 1 aliphatic heterocycles. The first-order valence-corrected chi connectivity index (χ1v) is 29.4. The van der Waals surface area contributed by atoms with Gasteiger partial charge < -0.3 is 9.16 Å². The molecular weight excluding hydrogens is 794 g/mol. The molecule has 0 N–H and O–H groups in total. The maximum Gasteiger partial charge on any atom is 0.356 e. The van der Waals surface area contributed by atoms with E-state index in [9.17, 15) is 9.59 Å². The lowest BCUT2D eigenvalue weighted by Crippen LogP contribution is -2.66. The van der Waals surface area contributed by atoms with Crippen LogP contribution in [-0.2, 0) is 30.6 Å². The Bertz CT molecular complexity index is 1920. The summed E-state index contributed by atoms with van der Waals surface area (Å²) < 4.78 is 14.6. The van der Waals surface area contributed by atoms with Crippen molar-refractivity contribution in [2.24, 2.45) is 13.0 Å². The van der Waals surface area contributed by atoms with Crippen LogP contribution in [0.1, 0.15) is 33.6 Å². The number of carbonyl (C=O) groups excluding carboxylic acids is 3. The van der Waals surface area contributed by atoms with Crippen LogP contribution < -0.4 is 15.9 Å². The van der Waals surface area contributed by atoms with Gasteiger partial charge in [-0.05, 0) is 56.9 Å². The van der Waals surface area contributed by atoms with Gasteiger partial charge in [-0.15, -0.1) is 5.10 Å². The zero-order chi connectivity index (χ0) is 40.7. The summed E-state index contributed by atoms with van der Waals surface area (Å²) >= 11 is 2.62. The topological polar surface area (TPSA) is 117 Å². The third kappa shape index (κ3) is 10.1. The zero-order valence-corrected chi connectivity index (χ0v) is 38.6. The van der Waals surface area contributed by atoms with Gasteiger partial charge in [-0.2, -0.15) is 0 Å². The summed E-state index contributed by atoms with van der Waals surface area (Å²) in [5, 5.41) is 14.2. The molecule has 4 aromatic rings. The third-order valence-electron chi connectivity index (χ3n) is 10.4. The van der Waals surface area contributed by atoms with Gasteiger partial charge in [0.2, 0.25) is 11.1 Å². The van der Waals surface area contributed by atoms with Gasteiger partial charge >= 0.3 is 5.97 Å². The van der Waals surface area contributed by atoms with E-state index in [1.54, 1.807) is 16.6 Å². The number of thioether (sulfide) groups is 2. The summed E-state index contributed by atoms with van der Waals surface area (Å²) in [4.78, 5) is 45.8. The van der Waals surface area contributed by atoms with Gasteiger partial charge in [0, 0.05) is 40.8 Å². The van der Waals surface area contributed by atoms with Crippen LogP contribution >= 0.6 is 30.4 Å². The number of amides is 1. The van der Waals surface area contributed by atoms with E-state index in [0.717, 1.165) is 33.7 Å². The van der Waals surface area contributed by atoms with E-state index in [0.29, 0.717) is 22.7 Å². The van der Waals surface area contributed by atoms with E-state index in [1.165, 1.54) is 11.8 Å². The fraction of sp³-hybridized carbons (Fsp3) is 0.439. The Hall–Kier alpha value is -3.27. The van der Waals surface area contributed by atoms with Crippen LogP contribution in [0.25, 0.3) is 0 Å². The number of carbonyl (C=O) groups is 3. The SMILES string of the molecule is Cn1nnnc1SCCCC(=O)S[C@@H]1[C@@H](CO[Si](C)(C)C(C)(C)C)C(=O)N1C(C(=O)OCC[Si](C)(C)C)=P(c1ccccc1)(c1ccccc1)c1ccccc1. The molecule has 0 saturated carbocycles. The van der Waals surface area contributed by atoms with Crippen LogP contribution in [0.3, 0.4) is 0 Å². The van der Waals surface area contributed by atoms with Crippen molar-refractivity contribution in [3.63, 3.8) is 0 Å². The molecule has 1 fully saturated rings. The Labute approximate surface area is 343 Å². The number of esters is 1. The second kappa shape index (κ2) is 18.5. The van der Waals surface area contributed by atoms with Gasteiger partial charge in [-0.1, -0.05) is 155 Å². The standard InChI is InChI=1S/C41H56N5O5PS2Si2/c1-41(2,3)56(8,9)51-30-34-36(48)46(38(34)54-35(47)26-19-28-53-40-42-43-44-45(40)4)37(39(49)50-27-29-55(5,6)7)52(31-20-13-10-14-21-31,32-22-15-11-16-23-32)33-24-17-12-18-25-33/h10-18,20-25,34,38H,19,26-30H2,1-9H3/t34-,38+/m0/s1. The van der Waals surface area contributed by atoms with Crippen LogP contribution in [-0.4, -0.2) is 88.2 Å². The third-order valence-corrected chi connectivity index (χ3v) is 23.2. The van der Waals surface area contributed by atoms with Gasteiger partial charge in [0.15, 0.2) is 13.4 Å². The molecule has 0 bridgehead atoms. The lowest BCUT2D eigenvalue weighted by Gasteiger charge is -2.50. The van der Waals surface area contributed by atoms with Crippen LogP contribution in [0.4, 0.5) is 0 Å². The summed E-state index contributed by atoms with van der Waals surface area (Å²) in [5.41, 5.74) is 0.292. The first kappa shape index (κ1) is 43.8. The average molecular weight is 850 g/mol. The molecule has 0 unspecified atom stereocenters. The largest absolute Gasteiger partial charge is 0.461 e. The van der Waals surface area contributed by atoms with Crippen molar-refractivity contribution < 1.29 is 23.5 Å². The molecule has 0 aliphatic carbocycles. The minimum absolute atomic E-state index is 0.0592. The number of ether oxygens (including phenoxy) is 1. The molecule has 5 rings (SSSR count). The van der Waals surface area contributed by atoms with E-state index >= 15 is 4.79 Å². The Balaban J connectivity index is 1.68. The summed E-state index contributed by atoms with van der Waals surface area (Å²) in [5.74, 6) is -0.746. The van der Waals surface area contributed by atoms with Crippen LogP contribution in [0.15, 0.2) is 96.2 Å². The van der Waals surface area contributed by atoms with E-state index in [2.05, 4.69) is 69.0 Å². The minimum Gasteiger partial charge on any atom is -0.461 e. The number of β-lactam (4-membered cyclic amide) rings is 1. The molecule has 1 aromatic heterocycles. The second-order valence-corrected chi connectivity index (χ2v) is 32.7. The number of hydrogen-bond acceptors (Lipinski definition) is 10. The number of hydrogen-bond donors (Lipinski definition) is 0. The van der Waals surface area contributed by atoms with Crippen LogP contribution in [0, 0.1) is 5.92 Å². The molecule has 1 saturated heterocycles. The van der Waals surface area contributed by atoms with Crippen molar-refractivity contribution in [3.8, 4) is 0 Å². The van der Waals surface area contributed by atoms with Gasteiger partial charge in [0.25, 0.3) is 0 Å². The average Bonchev–Trinajstić information content (AvgIpc) is 3.57. The normalized spacial score (nSPS) is 16.4. The van der Waals surface area contributed by atoms with Gasteiger partial charge in [0.05, 0.1) is 12.5 Å². The van der Waals surface area contributed by atoms with E-state index in [4.69, 9.17) is 9.16 Å². The highest BCUT2D eigenvalue weighted by Crippen LogP contribution is 2.51. The Morgan fingerprint density at radius 2 is 1.39 bits per heavy atom. The monoisotopic (exact) mass is 849 g/mol. The quantitative estimate of drug-likeness (QED) is 0.0271. The Morgan fingerprint density at radius 1 is 0.857 bits per heavy atom. The molecular formula is C41H56N5O5PS2Si2. The molecule has 3 aromatic carbocycles. The number of likely N-dealkylation sites (tertiary alicyclic amines) is 1. The van der Waals surface area contributed by atoms with Crippen molar-refractivity contribution in [1.82, 2.24) is 25.1 Å². The molecule has 56 heavy (non-hydrogen) atoms. The second-order valence-electron chi connectivity index (χ2n) is 16.8. The predicted octanol–water partition coefficient (Wildman–Crippen LogP) is 7.15. The fourth-order valence-corrected chi connectivity index (χ4v) is 14.3. The Morgan fingerprint density at radius 3 is 1.86 bits per heavy atom. The molecule has 1 aliphatic rings. The van der Waals surface area contributed by atoms with Crippen LogP contribution in [0.2, 0.25) is 43.8 Å². The summed E-state index contributed by atoms with van der Waals surface area (Å²) in [6.07, 6.45) is 0.878. The Kier molecular flexibility index (Phi) is 14.5. The van der Waals surface area contributed by atoms with E-state index in [1.807, 2.05) is 91.0 Å². The number of rotatable bonds is 17. The number of aromatic nitrogens is 4. The summed E-state index contributed by atoms with van der Waals surface area (Å²) in [6.45, 7) is 14.8. The zero-order valence-electron chi connectivity index (χ0n) is 34.1. The van der Waals surface area contributed by atoms with Crippen molar-refractivity contribution >= 4 is 85.1 Å². The molecule has 1 amide bonds. The highest BCUT2D eigenvalue weighted by atomic mass is 32.2. The summed E-state index contributed by atoms with van der Waals surface area (Å²) in [7, 11) is -2.09. The molecule has 0 spiro atoms. The van der Waals surface area contributed by atoms with Crippen molar-refractivity contribution in [2.75, 3.05) is 19.0 Å². The summed E-state index contributed by atoms with van der Waals surface area (Å²) in [6, 6.07) is 30.8. The van der Waals surface area contributed by atoms with E-state index < -0.39 is 40.5 Å². The molecule has 2 heterocycles. The molecule has 0 radical (unpaired) electrons. The highest BCUT2D eigenvalue weighted by Gasteiger charge is 2.55. The number of nitrogens with zero attached hydrogens (tertiary/aromatic N) is 5. The number of benzene rings is 3. The first-order chi connectivity index (χ1) is 26.5. The number of aryl methyl sites for hydroxylation is 1. The van der Waals surface area contributed by atoms with Crippen LogP contribution in [0.5, 0.6) is 0 Å². The lowest BCUT2D eigenvalue weighted by atomic mass is 9.99. The highest BCUT2D eigenvalue weighted by molar-refractivity contribution is 8.14. The maximum atomic E-state index is 15.2. The van der Waals surface area contributed by atoms with Crippen molar-refractivity contribution in [3.05, 3.63) is 91.0 Å². The van der Waals surface area contributed by atoms with E-state index in [-0.39, 0.29) is 35.7 Å². The fourth-order valence-electron chi connectivity index (χ4n) is 6.15. The smallest absolute Gasteiger partial charge is 0.356 e. The van der Waals surface area contributed by atoms with Gasteiger partial charge in [-0.25, -0.2) is 9.48 Å². The van der Waals surface area contributed by atoms with Crippen molar-refractivity contribution in [1.29, 1.82) is 0 Å². The molecule has 15 heteroatoms. The molecule has 2 atom stereocenters. The van der Waals surface area contributed by atoms with Gasteiger partial charge in [0.1, 0.15) is 10.8 Å².